The lowest BCUT2D eigenvalue weighted by molar-refractivity contribution is 0.302. The summed E-state index contributed by atoms with van der Waals surface area (Å²) in [6.07, 6.45) is 0. The van der Waals surface area contributed by atoms with E-state index >= 15 is 0 Å². The van der Waals surface area contributed by atoms with Crippen molar-refractivity contribution in [2.24, 2.45) is 0 Å². The molecule has 0 saturated heterocycles. The van der Waals surface area contributed by atoms with Gasteiger partial charge in [-0.15, -0.1) is 0 Å². The molecule has 2 rings (SSSR count). The molecule has 0 fully saturated rings. The maximum Gasteiger partial charge on any atom is 0.142 e. The van der Waals surface area contributed by atoms with Crippen LogP contribution in [-0.2, 0) is 11.9 Å². The van der Waals surface area contributed by atoms with Crippen LogP contribution in [0.3, 0.4) is 0 Å². The van der Waals surface area contributed by atoms with Gasteiger partial charge in [-0.1, -0.05) is 33.6 Å². The molecule has 2 nitrogen and oxygen atoms in total. The quantitative estimate of drug-likeness (QED) is 0.702. The van der Waals surface area contributed by atoms with E-state index in [1.807, 2.05) is 18.2 Å². The third-order valence-corrected chi connectivity index (χ3v) is 3.70. The summed E-state index contributed by atoms with van der Waals surface area (Å²) in [5.74, 6) is 1.06. The lowest BCUT2D eigenvalue weighted by atomic mass is 10.2. The van der Waals surface area contributed by atoms with Crippen molar-refractivity contribution in [2.75, 3.05) is 7.11 Å². The molecular formula is C15H13BrClFO2. The zero-order valence-corrected chi connectivity index (χ0v) is 13.2. The summed E-state index contributed by atoms with van der Waals surface area (Å²) >= 11 is 9.05. The average Bonchev–Trinajstić information content (AvgIpc) is 2.48. The molecule has 0 aliphatic heterocycles. The summed E-state index contributed by atoms with van der Waals surface area (Å²) in [5.41, 5.74) is 1.70. The molecular weight excluding hydrogens is 347 g/mol. The predicted molar refractivity (Wildman–Crippen MR) is 81.4 cm³/mol. The van der Waals surface area contributed by atoms with Gasteiger partial charge in [0.15, 0.2) is 0 Å². The second kappa shape index (κ2) is 6.95. The number of methoxy groups -OCH3 is 1. The van der Waals surface area contributed by atoms with Gasteiger partial charge in [-0.2, -0.15) is 0 Å². The van der Waals surface area contributed by atoms with Crippen LogP contribution in [0.1, 0.15) is 11.1 Å². The van der Waals surface area contributed by atoms with Crippen LogP contribution in [-0.4, -0.2) is 7.11 Å². The highest BCUT2D eigenvalue weighted by Gasteiger charge is 2.06. The fourth-order valence-corrected chi connectivity index (χ4v) is 2.27. The Morgan fingerprint density at radius 2 is 2.00 bits per heavy atom. The summed E-state index contributed by atoms with van der Waals surface area (Å²) in [4.78, 5) is 0. The normalized spacial score (nSPS) is 10.4. The fourth-order valence-electron chi connectivity index (χ4n) is 1.72. The molecule has 0 aliphatic rings. The molecule has 0 bridgehead atoms. The topological polar surface area (TPSA) is 18.5 Å². The SMILES string of the molecule is COc1ccc(OCc2ccc(Cl)c(F)c2)c(CBr)c1. The van der Waals surface area contributed by atoms with Crippen LogP contribution < -0.4 is 9.47 Å². The Hall–Kier alpha value is -1.26. The first-order valence-electron chi connectivity index (χ1n) is 5.93. The third kappa shape index (κ3) is 3.64. The Kier molecular flexibility index (Phi) is 5.26. The maximum absolute atomic E-state index is 13.3. The lowest BCUT2D eigenvalue weighted by Gasteiger charge is -2.11. The van der Waals surface area contributed by atoms with E-state index in [0.29, 0.717) is 5.33 Å². The van der Waals surface area contributed by atoms with E-state index < -0.39 is 5.82 Å². The van der Waals surface area contributed by atoms with Crippen LogP contribution in [0.4, 0.5) is 4.39 Å². The highest BCUT2D eigenvalue weighted by atomic mass is 79.9. The van der Waals surface area contributed by atoms with Crippen molar-refractivity contribution in [1.82, 2.24) is 0 Å². The number of rotatable bonds is 5. The van der Waals surface area contributed by atoms with E-state index in [0.717, 1.165) is 22.6 Å². The van der Waals surface area contributed by atoms with Gasteiger partial charge in [-0.25, -0.2) is 4.39 Å². The lowest BCUT2D eigenvalue weighted by Crippen LogP contribution is -1.99. The van der Waals surface area contributed by atoms with Crippen molar-refractivity contribution in [3.8, 4) is 11.5 Å². The molecule has 20 heavy (non-hydrogen) atoms. The van der Waals surface area contributed by atoms with E-state index in [1.165, 1.54) is 12.1 Å². The monoisotopic (exact) mass is 358 g/mol. The van der Waals surface area contributed by atoms with Gasteiger partial charge < -0.3 is 9.47 Å². The molecule has 0 saturated carbocycles. The summed E-state index contributed by atoms with van der Waals surface area (Å²) in [6.45, 7) is 0.278. The van der Waals surface area contributed by atoms with Gasteiger partial charge in [0.1, 0.15) is 23.9 Å². The van der Waals surface area contributed by atoms with Gasteiger partial charge in [-0.3, -0.25) is 0 Å². The Morgan fingerprint density at radius 1 is 1.20 bits per heavy atom. The molecule has 0 heterocycles. The predicted octanol–water partition coefficient (Wildman–Crippen LogP) is 4.96. The van der Waals surface area contributed by atoms with Gasteiger partial charge in [-0.05, 0) is 35.9 Å². The largest absolute Gasteiger partial charge is 0.497 e. The van der Waals surface area contributed by atoms with Crippen molar-refractivity contribution in [3.63, 3.8) is 0 Å². The minimum Gasteiger partial charge on any atom is -0.497 e. The van der Waals surface area contributed by atoms with Crippen molar-refractivity contribution < 1.29 is 13.9 Å². The van der Waals surface area contributed by atoms with Crippen molar-refractivity contribution in [2.45, 2.75) is 11.9 Å². The van der Waals surface area contributed by atoms with Gasteiger partial charge in [0.2, 0.25) is 0 Å². The number of hydrogen-bond acceptors (Lipinski definition) is 2. The van der Waals surface area contributed by atoms with Gasteiger partial charge in [0.05, 0.1) is 12.1 Å². The van der Waals surface area contributed by atoms with Gasteiger partial charge in [0, 0.05) is 10.9 Å². The molecule has 0 unspecified atom stereocenters. The molecule has 0 aromatic heterocycles. The zero-order valence-electron chi connectivity index (χ0n) is 10.8. The fraction of sp³-hybridized carbons (Fsp3) is 0.200. The average molecular weight is 360 g/mol. The number of benzene rings is 2. The molecule has 0 N–H and O–H groups in total. The number of halogens is 3. The van der Waals surface area contributed by atoms with Crippen LogP contribution in [0.15, 0.2) is 36.4 Å². The minimum atomic E-state index is -0.441. The van der Waals surface area contributed by atoms with E-state index in [1.54, 1.807) is 13.2 Å². The van der Waals surface area contributed by atoms with E-state index in [2.05, 4.69) is 15.9 Å². The van der Waals surface area contributed by atoms with Crippen molar-refractivity contribution in [3.05, 3.63) is 58.4 Å². The van der Waals surface area contributed by atoms with Gasteiger partial charge >= 0.3 is 0 Å². The van der Waals surface area contributed by atoms with Crippen molar-refractivity contribution >= 4 is 27.5 Å². The summed E-state index contributed by atoms with van der Waals surface area (Å²) in [6, 6.07) is 10.2. The molecule has 0 amide bonds. The number of alkyl halides is 1. The Labute approximate surface area is 130 Å². The molecule has 0 aliphatic carbocycles. The highest BCUT2D eigenvalue weighted by Crippen LogP contribution is 2.27. The van der Waals surface area contributed by atoms with Crippen LogP contribution in [0.25, 0.3) is 0 Å². The summed E-state index contributed by atoms with van der Waals surface area (Å²) in [7, 11) is 1.62. The van der Waals surface area contributed by atoms with Crippen LogP contribution in [0.5, 0.6) is 11.5 Å². The first-order valence-corrected chi connectivity index (χ1v) is 7.43. The second-order valence-corrected chi connectivity index (χ2v) is 5.11. The molecule has 5 heteroatoms. The Balaban J connectivity index is 2.12. The molecule has 2 aromatic rings. The Bertz CT molecular complexity index is 604. The van der Waals surface area contributed by atoms with Crippen LogP contribution in [0, 0.1) is 5.82 Å². The third-order valence-electron chi connectivity index (χ3n) is 2.79. The van der Waals surface area contributed by atoms with Gasteiger partial charge in [0.25, 0.3) is 0 Å². The summed E-state index contributed by atoms with van der Waals surface area (Å²) in [5, 5.41) is 0.758. The zero-order chi connectivity index (χ0) is 14.5. The highest BCUT2D eigenvalue weighted by molar-refractivity contribution is 9.08. The molecule has 0 spiro atoms. The van der Waals surface area contributed by atoms with Crippen molar-refractivity contribution in [1.29, 1.82) is 0 Å². The molecule has 0 radical (unpaired) electrons. The standard InChI is InChI=1S/C15H13BrClFO2/c1-19-12-3-5-15(11(7-12)8-16)20-9-10-2-4-13(17)14(18)6-10/h2-7H,8-9H2,1H3. The van der Waals surface area contributed by atoms with Crippen LogP contribution in [0.2, 0.25) is 5.02 Å². The molecule has 106 valence electrons. The number of ether oxygens (including phenoxy) is 2. The molecule has 2 aromatic carbocycles. The maximum atomic E-state index is 13.3. The second-order valence-electron chi connectivity index (χ2n) is 4.14. The summed E-state index contributed by atoms with van der Waals surface area (Å²) < 4.78 is 24.2. The van der Waals surface area contributed by atoms with E-state index in [9.17, 15) is 4.39 Å². The smallest absolute Gasteiger partial charge is 0.142 e. The first kappa shape index (κ1) is 15.1. The number of hydrogen-bond donors (Lipinski definition) is 0. The van der Waals surface area contributed by atoms with Crippen LogP contribution >= 0.6 is 27.5 Å². The van der Waals surface area contributed by atoms with E-state index in [4.69, 9.17) is 21.1 Å². The first-order chi connectivity index (χ1) is 9.63. The van der Waals surface area contributed by atoms with E-state index in [-0.39, 0.29) is 11.6 Å². The Morgan fingerprint density at radius 3 is 2.65 bits per heavy atom. The molecule has 0 atom stereocenters. The minimum absolute atomic E-state index is 0.111.